The van der Waals surface area contributed by atoms with Gasteiger partial charge in [0.05, 0.1) is 28.4 Å². The number of nitrogens with zero attached hydrogens (tertiary/aromatic N) is 7. The number of aryl methyl sites for hydroxylation is 1. The lowest BCUT2D eigenvalue weighted by Crippen LogP contribution is -2.16. The summed E-state index contributed by atoms with van der Waals surface area (Å²) in [4.78, 5) is 13.6. The molecule has 9 heteroatoms. The van der Waals surface area contributed by atoms with Gasteiger partial charge in [0, 0.05) is 23.0 Å². The summed E-state index contributed by atoms with van der Waals surface area (Å²) in [5.41, 5.74) is 5.87. The summed E-state index contributed by atoms with van der Waals surface area (Å²) in [7, 11) is 0. The number of hydrogen-bond donors (Lipinski definition) is 0. The Bertz CT molecular complexity index is 1750. The second-order valence-electron chi connectivity index (χ2n) is 8.51. The van der Waals surface area contributed by atoms with Crippen molar-refractivity contribution in [2.75, 3.05) is 0 Å². The van der Waals surface area contributed by atoms with Crippen molar-refractivity contribution in [3.63, 3.8) is 0 Å². The second kappa shape index (κ2) is 8.00. The third-order valence-corrected chi connectivity index (χ3v) is 6.72. The van der Waals surface area contributed by atoms with E-state index in [9.17, 15) is 0 Å². The molecule has 0 radical (unpaired) electrons. The van der Waals surface area contributed by atoms with Gasteiger partial charge in [0.2, 0.25) is 11.8 Å². The predicted octanol–water partition coefficient (Wildman–Crippen LogP) is 5.62. The molecule has 1 unspecified atom stereocenters. The molecular formula is C27H18ClN7O. The van der Waals surface area contributed by atoms with E-state index in [1.54, 1.807) is 23.2 Å². The zero-order chi connectivity index (χ0) is 24.2. The van der Waals surface area contributed by atoms with E-state index >= 15 is 0 Å². The summed E-state index contributed by atoms with van der Waals surface area (Å²) in [6.45, 7) is 1.98. The van der Waals surface area contributed by atoms with E-state index in [1.165, 1.54) is 0 Å². The van der Waals surface area contributed by atoms with Gasteiger partial charge in [-0.15, -0.1) is 5.10 Å². The lowest BCUT2D eigenvalue weighted by atomic mass is 9.84. The van der Waals surface area contributed by atoms with Gasteiger partial charge < -0.3 is 4.74 Å². The van der Waals surface area contributed by atoms with Gasteiger partial charge >= 0.3 is 0 Å². The van der Waals surface area contributed by atoms with E-state index in [0.717, 1.165) is 33.6 Å². The smallest absolute Gasteiger partial charge is 0.230 e. The topological polar surface area (TPSA) is 83.0 Å². The molecule has 1 aliphatic rings. The maximum absolute atomic E-state index is 6.78. The first kappa shape index (κ1) is 20.8. The number of fused-ring (bicyclic) bond motifs is 4. The van der Waals surface area contributed by atoms with Crippen molar-refractivity contribution < 1.29 is 4.74 Å². The first-order valence-electron chi connectivity index (χ1n) is 11.4. The zero-order valence-electron chi connectivity index (χ0n) is 19.1. The molecular weight excluding hydrogens is 474 g/mol. The predicted molar refractivity (Wildman–Crippen MR) is 135 cm³/mol. The molecule has 7 rings (SSSR count). The molecule has 4 aromatic heterocycles. The van der Waals surface area contributed by atoms with Crippen LogP contribution < -0.4 is 4.74 Å². The van der Waals surface area contributed by atoms with Crippen LogP contribution in [0.1, 0.15) is 28.3 Å². The molecule has 0 saturated heterocycles. The molecule has 2 aromatic carbocycles. The summed E-state index contributed by atoms with van der Waals surface area (Å²) in [5, 5.41) is 10.2. The van der Waals surface area contributed by atoms with E-state index < -0.39 is 0 Å². The number of ether oxygens (including phenoxy) is 1. The van der Waals surface area contributed by atoms with Crippen LogP contribution in [0.3, 0.4) is 0 Å². The molecule has 0 bridgehead atoms. The van der Waals surface area contributed by atoms with E-state index in [1.807, 2.05) is 78.3 Å². The Labute approximate surface area is 210 Å². The van der Waals surface area contributed by atoms with Gasteiger partial charge in [-0.05, 0) is 42.8 Å². The fourth-order valence-corrected chi connectivity index (χ4v) is 5.01. The minimum Gasteiger partial charge on any atom is -0.420 e. The van der Waals surface area contributed by atoms with E-state index in [4.69, 9.17) is 26.4 Å². The molecule has 5 heterocycles. The fraction of sp³-hybridized carbons (Fsp3) is 0.0741. The molecule has 6 aromatic rings. The van der Waals surface area contributed by atoms with Crippen molar-refractivity contribution >= 4 is 17.2 Å². The Morgan fingerprint density at radius 1 is 0.889 bits per heavy atom. The Hall–Kier alpha value is -4.56. The number of aromatic nitrogens is 7. The number of para-hydroxylation sites is 1. The second-order valence-corrected chi connectivity index (χ2v) is 8.92. The van der Waals surface area contributed by atoms with Crippen LogP contribution in [0.25, 0.3) is 22.7 Å². The quantitative estimate of drug-likeness (QED) is 0.319. The highest BCUT2D eigenvalue weighted by Crippen LogP contribution is 2.50. The molecule has 0 saturated carbocycles. The van der Waals surface area contributed by atoms with Crippen molar-refractivity contribution in [1.29, 1.82) is 0 Å². The van der Waals surface area contributed by atoms with Crippen LogP contribution in [0, 0.1) is 6.92 Å². The molecule has 36 heavy (non-hydrogen) atoms. The fourth-order valence-electron chi connectivity index (χ4n) is 4.77. The first-order chi connectivity index (χ1) is 17.7. The molecule has 174 valence electrons. The van der Waals surface area contributed by atoms with Crippen LogP contribution in [0.4, 0.5) is 0 Å². The molecule has 0 spiro atoms. The van der Waals surface area contributed by atoms with E-state index in [2.05, 4.69) is 15.1 Å². The highest BCUT2D eigenvalue weighted by Gasteiger charge is 2.38. The van der Waals surface area contributed by atoms with Crippen molar-refractivity contribution in [2.24, 2.45) is 0 Å². The van der Waals surface area contributed by atoms with Crippen molar-refractivity contribution in [1.82, 2.24) is 34.3 Å². The number of benzene rings is 2. The molecule has 0 aliphatic carbocycles. The molecule has 1 aliphatic heterocycles. The van der Waals surface area contributed by atoms with E-state index in [0.29, 0.717) is 28.3 Å². The maximum Gasteiger partial charge on any atom is 0.230 e. The van der Waals surface area contributed by atoms with Crippen LogP contribution in [-0.2, 0) is 0 Å². The maximum atomic E-state index is 6.78. The minimum atomic E-state index is -0.305. The third kappa shape index (κ3) is 3.11. The molecule has 0 amide bonds. The standard InChI is InChI=1S/C27H18ClN7O/c1-16-21-22(19-9-5-6-10-20(19)28)23-25-31-24(17-11-13-29-14-12-17)33-34(25)15-30-26(23)36-27(21)35(32-16)18-7-3-2-4-8-18/h2-15,22H,1H3. The summed E-state index contributed by atoms with van der Waals surface area (Å²) < 4.78 is 9.95. The Morgan fingerprint density at radius 3 is 2.47 bits per heavy atom. The van der Waals surface area contributed by atoms with Gasteiger partial charge in [-0.25, -0.2) is 19.2 Å². The Balaban J connectivity index is 1.52. The zero-order valence-corrected chi connectivity index (χ0v) is 19.8. The largest absolute Gasteiger partial charge is 0.420 e. The van der Waals surface area contributed by atoms with Crippen LogP contribution in [0.15, 0.2) is 85.5 Å². The Kier molecular flexibility index (Phi) is 4.62. The van der Waals surface area contributed by atoms with Crippen molar-refractivity contribution in [2.45, 2.75) is 12.8 Å². The Morgan fingerprint density at radius 2 is 1.67 bits per heavy atom. The lowest BCUT2D eigenvalue weighted by Gasteiger charge is -2.27. The molecule has 0 fully saturated rings. The average Bonchev–Trinajstić information content (AvgIpc) is 3.50. The van der Waals surface area contributed by atoms with E-state index in [-0.39, 0.29) is 5.92 Å². The number of hydrogen-bond acceptors (Lipinski definition) is 6. The monoisotopic (exact) mass is 491 g/mol. The van der Waals surface area contributed by atoms with Gasteiger partial charge in [-0.2, -0.15) is 5.10 Å². The van der Waals surface area contributed by atoms with Crippen molar-refractivity contribution in [3.05, 3.63) is 113 Å². The van der Waals surface area contributed by atoms with Crippen LogP contribution in [0.5, 0.6) is 11.8 Å². The lowest BCUT2D eigenvalue weighted by molar-refractivity contribution is 0.402. The molecule has 0 N–H and O–H groups in total. The van der Waals surface area contributed by atoms with Crippen LogP contribution >= 0.6 is 11.6 Å². The van der Waals surface area contributed by atoms with Crippen LogP contribution in [-0.4, -0.2) is 34.3 Å². The van der Waals surface area contributed by atoms with Gasteiger partial charge in [-0.1, -0.05) is 48.0 Å². The summed E-state index contributed by atoms with van der Waals surface area (Å²) in [6.07, 6.45) is 5.06. The van der Waals surface area contributed by atoms with Gasteiger partial charge in [0.15, 0.2) is 11.5 Å². The summed E-state index contributed by atoms with van der Waals surface area (Å²) in [5.74, 6) is 1.33. The number of rotatable bonds is 3. The minimum absolute atomic E-state index is 0.305. The van der Waals surface area contributed by atoms with Gasteiger partial charge in [0.25, 0.3) is 0 Å². The summed E-state index contributed by atoms with van der Waals surface area (Å²) >= 11 is 6.78. The summed E-state index contributed by atoms with van der Waals surface area (Å²) in [6, 6.07) is 21.5. The average molecular weight is 492 g/mol. The number of halogens is 1. The normalized spacial score (nSPS) is 14.3. The van der Waals surface area contributed by atoms with Gasteiger partial charge in [-0.3, -0.25) is 4.98 Å². The SMILES string of the molecule is Cc1nn(-c2ccccc2)c2c1C(c1ccccc1Cl)c1c(ncn3nc(-c4ccncc4)nc13)O2. The van der Waals surface area contributed by atoms with Gasteiger partial charge in [0.1, 0.15) is 6.33 Å². The highest BCUT2D eigenvalue weighted by molar-refractivity contribution is 6.31. The number of pyridine rings is 1. The molecule has 1 atom stereocenters. The molecule has 8 nitrogen and oxygen atoms in total. The van der Waals surface area contributed by atoms with Crippen LogP contribution in [0.2, 0.25) is 5.02 Å². The first-order valence-corrected chi connectivity index (χ1v) is 11.8. The third-order valence-electron chi connectivity index (χ3n) is 6.38. The highest BCUT2D eigenvalue weighted by atomic mass is 35.5. The van der Waals surface area contributed by atoms with Crippen molar-refractivity contribution in [3.8, 4) is 28.8 Å².